The van der Waals surface area contributed by atoms with Crippen LogP contribution in [0.15, 0.2) is 60.9 Å². The third-order valence-electron chi connectivity index (χ3n) is 4.04. The van der Waals surface area contributed by atoms with E-state index in [2.05, 4.69) is 39.7 Å². The number of aromatic nitrogens is 2. The number of carbonyl (C=O) groups is 1. The van der Waals surface area contributed by atoms with Gasteiger partial charge in [-0.2, -0.15) is 0 Å². The predicted molar refractivity (Wildman–Crippen MR) is 106 cm³/mol. The van der Waals surface area contributed by atoms with E-state index in [1.54, 1.807) is 12.3 Å². The molecular weight excluding hydrogens is 340 g/mol. The van der Waals surface area contributed by atoms with Crippen molar-refractivity contribution >= 4 is 17.4 Å². The molecule has 0 saturated heterocycles. The van der Waals surface area contributed by atoms with Crippen molar-refractivity contribution < 1.29 is 9.53 Å². The van der Waals surface area contributed by atoms with Crippen molar-refractivity contribution in [3.63, 3.8) is 0 Å². The van der Waals surface area contributed by atoms with Gasteiger partial charge in [-0.05, 0) is 37.1 Å². The number of para-hydroxylation sites is 2. The molecule has 0 aliphatic carbocycles. The van der Waals surface area contributed by atoms with Gasteiger partial charge in [0, 0.05) is 6.54 Å². The molecule has 0 bridgehead atoms. The highest BCUT2D eigenvalue weighted by atomic mass is 16.5. The van der Waals surface area contributed by atoms with E-state index in [9.17, 15) is 4.79 Å². The van der Waals surface area contributed by atoms with Gasteiger partial charge in [0.2, 0.25) is 0 Å². The molecule has 0 fully saturated rings. The van der Waals surface area contributed by atoms with Crippen molar-refractivity contribution in [3.8, 4) is 5.75 Å². The van der Waals surface area contributed by atoms with Crippen LogP contribution >= 0.6 is 0 Å². The van der Waals surface area contributed by atoms with Gasteiger partial charge < -0.3 is 15.4 Å². The van der Waals surface area contributed by atoms with Gasteiger partial charge in [0.1, 0.15) is 17.3 Å². The zero-order chi connectivity index (χ0) is 19.1. The maximum absolute atomic E-state index is 12.4. The number of nitrogens with one attached hydrogen (secondary N) is 2. The zero-order valence-electron chi connectivity index (χ0n) is 15.4. The first-order valence-corrected chi connectivity index (χ1v) is 8.81. The van der Waals surface area contributed by atoms with Crippen LogP contribution in [0, 0.1) is 6.92 Å². The second-order valence-corrected chi connectivity index (χ2v) is 5.95. The number of ether oxygens (including phenoxy) is 1. The van der Waals surface area contributed by atoms with Crippen LogP contribution in [-0.4, -0.2) is 22.5 Å². The molecule has 2 aromatic carbocycles. The van der Waals surface area contributed by atoms with Crippen molar-refractivity contribution in [2.45, 2.75) is 20.4 Å². The average Bonchev–Trinajstić information content (AvgIpc) is 2.69. The summed E-state index contributed by atoms with van der Waals surface area (Å²) < 4.78 is 5.52. The van der Waals surface area contributed by atoms with Crippen LogP contribution in [0.2, 0.25) is 0 Å². The Morgan fingerprint density at radius 1 is 1.04 bits per heavy atom. The van der Waals surface area contributed by atoms with E-state index in [1.165, 1.54) is 17.3 Å². The summed E-state index contributed by atoms with van der Waals surface area (Å²) in [6.45, 7) is 5.13. The van der Waals surface area contributed by atoms with E-state index in [0.29, 0.717) is 30.4 Å². The Kier molecular flexibility index (Phi) is 5.99. The predicted octanol–water partition coefficient (Wildman–Crippen LogP) is 4.05. The minimum atomic E-state index is -0.333. The van der Waals surface area contributed by atoms with Crippen molar-refractivity contribution in [3.05, 3.63) is 77.7 Å². The number of carbonyl (C=O) groups excluding carboxylic acids is 1. The molecule has 27 heavy (non-hydrogen) atoms. The highest BCUT2D eigenvalue weighted by Gasteiger charge is 2.11. The molecule has 0 unspecified atom stereocenters. The van der Waals surface area contributed by atoms with Gasteiger partial charge in [0.25, 0.3) is 5.91 Å². The second kappa shape index (κ2) is 8.80. The molecule has 0 saturated carbocycles. The van der Waals surface area contributed by atoms with Gasteiger partial charge in [-0.25, -0.2) is 9.97 Å². The maximum atomic E-state index is 12.4. The van der Waals surface area contributed by atoms with E-state index >= 15 is 0 Å². The Hall–Kier alpha value is -3.41. The summed E-state index contributed by atoms with van der Waals surface area (Å²) in [6.07, 6.45) is 3.01. The first-order chi connectivity index (χ1) is 13.2. The van der Waals surface area contributed by atoms with Crippen LogP contribution < -0.4 is 15.4 Å². The Morgan fingerprint density at radius 2 is 1.81 bits per heavy atom. The van der Waals surface area contributed by atoms with Crippen LogP contribution in [0.3, 0.4) is 0 Å². The Labute approximate surface area is 158 Å². The zero-order valence-corrected chi connectivity index (χ0v) is 15.4. The third-order valence-corrected chi connectivity index (χ3v) is 4.04. The van der Waals surface area contributed by atoms with E-state index in [1.807, 2.05) is 37.3 Å². The molecule has 6 nitrogen and oxygen atoms in total. The number of rotatable bonds is 7. The van der Waals surface area contributed by atoms with Gasteiger partial charge >= 0.3 is 0 Å². The molecule has 6 heteroatoms. The number of anilines is 2. The smallest absolute Gasteiger partial charge is 0.275 e. The van der Waals surface area contributed by atoms with Crippen LogP contribution in [0.25, 0.3) is 0 Å². The van der Waals surface area contributed by atoms with E-state index < -0.39 is 0 Å². The van der Waals surface area contributed by atoms with Crippen LogP contribution in [0.1, 0.15) is 28.5 Å². The second-order valence-electron chi connectivity index (χ2n) is 5.95. The summed E-state index contributed by atoms with van der Waals surface area (Å²) >= 11 is 0. The largest absolute Gasteiger partial charge is 0.492 e. The van der Waals surface area contributed by atoms with Crippen molar-refractivity contribution in [1.29, 1.82) is 0 Å². The SMILES string of the molecule is CCOc1ccccc1NC(=O)c1cnc(NCc2ccccc2C)cn1. The molecular formula is C21H22N4O2. The number of benzene rings is 2. The molecule has 0 spiro atoms. The minimum Gasteiger partial charge on any atom is -0.492 e. The number of hydrogen-bond donors (Lipinski definition) is 2. The Balaban J connectivity index is 1.63. The third kappa shape index (κ3) is 4.82. The Morgan fingerprint density at radius 3 is 2.56 bits per heavy atom. The van der Waals surface area contributed by atoms with Gasteiger partial charge in [0.05, 0.1) is 24.7 Å². The van der Waals surface area contributed by atoms with Crippen LogP contribution in [0.4, 0.5) is 11.5 Å². The highest BCUT2D eigenvalue weighted by Crippen LogP contribution is 2.24. The van der Waals surface area contributed by atoms with Crippen LogP contribution in [0.5, 0.6) is 5.75 Å². The number of aryl methyl sites for hydroxylation is 1. The molecule has 3 aromatic rings. The lowest BCUT2D eigenvalue weighted by molar-refractivity contribution is 0.102. The summed E-state index contributed by atoms with van der Waals surface area (Å²) in [7, 11) is 0. The molecule has 2 N–H and O–H groups in total. The number of amides is 1. The molecule has 0 radical (unpaired) electrons. The first-order valence-electron chi connectivity index (χ1n) is 8.81. The lowest BCUT2D eigenvalue weighted by atomic mass is 10.1. The number of nitrogens with zero attached hydrogens (tertiary/aromatic N) is 2. The normalized spacial score (nSPS) is 10.3. The van der Waals surface area contributed by atoms with Gasteiger partial charge in [-0.1, -0.05) is 36.4 Å². The lowest BCUT2D eigenvalue weighted by Crippen LogP contribution is -2.15. The summed E-state index contributed by atoms with van der Waals surface area (Å²) in [6, 6.07) is 15.4. The van der Waals surface area contributed by atoms with Gasteiger partial charge in [0.15, 0.2) is 0 Å². The summed E-state index contributed by atoms with van der Waals surface area (Å²) in [5, 5.41) is 6.03. The topological polar surface area (TPSA) is 76.1 Å². The van der Waals surface area contributed by atoms with Crippen molar-refractivity contribution in [2.75, 3.05) is 17.2 Å². The fourth-order valence-electron chi connectivity index (χ4n) is 2.57. The average molecular weight is 362 g/mol. The molecule has 0 aliphatic rings. The standard InChI is InChI=1S/C21H22N4O2/c1-3-27-19-11-7-6-10-17(19)25-21(26)18-13-24-20(14-22-18)23-12-16-9-5-4-8-15(16)2/h4-11,13-14H,3,12H2,1-2H3,(H,23,24)(H,25,26). The molecule has 0 aliphatic heterocycles. The monoisotopic (exact) mass is 362 g/mol. The molecule has 138 valence electrons. The van der Waals surface area contributed by atoms with Crippen LogP contribution in [-0.2, 0) is 6.54 Å². The maximum Gasteiger partial charge on any atom is 0.275 e. The highest BCUT2D eigenvalue weighted by molar-refractivity contribution is 6.03. The van der Waals surface area contributed by atoms with Crippen molar-refractivity contribution in [2.24, 2.45) is 0 Å². The molecule has 1 amide bonds. The Bertz CT molecular complexity index is 910. The molecule has 1 heterocycles. The van der Waals surface area contributed by atoms with E-state index in [4.69, 9.17) is 4.74 Å². The quantitative estimate of drug-likeness (QED) is 0.663. The fraction of sp³-hybridized carbons (Fsp3) is 0.190. The van der Waals surface area contributed by atoms with Crippen molar-refractivity contribution in [1.82, 2.24) is 9.97 Å². The van der Waals surface area contributed by atoms with Gasteiger partial charge in [-0.3, -0.25) is 4.79 Å². The summed E-state index contributed by atoms with van der Waals surface area (Å²) in [5.41, 5.74) is 3.24. The lowest BCUT2D eigenvalue weighted by Gasteiger charge is -2.11. The first kappa shape index (κ1) is 18.4. The fourth-order valence-corrected chi connectivity index (χ4v) is 2.57. The summed E-state index contributed by atoms with van der Waals surface area (Å²) in [4.78, 5) is 20.9. The minimum absolute atomic E-state index is 0.239. The summed E-state index contributed by atoms with van der Waals surface area (Å²) in [5.74, 6) is 0.905. The molecule has 1 aromatic heterocycles. The number of hydrogen-bond acceptors (Lipinski definition) is 5. The van der Waals surface area contributed by atoms with E-state index in [0.717, 1.165) is 0 Å². The van der Waals surface area contributed by atoms with E-state index in [-0.39, 0.29) is 11.6 Å². The molecule has 3 rings (SSSR count). The van der Waals surface area contributed by atoms with Gasteiger partial charge in [-0.15, -0.1) is 0 Å². The molecule has 0 atom stereocenters.